The molecule has 0 unspecified atom stereocenters. The van der Waals surface area contributed by atoms with E-state index in [0.29, 0.717) is 17.7 Å². The highest BCUT2D eigenvalue weighted by molar-refractivity contribution is 7.89. The van der Waals surface area contributed by atoms with E-state index in [2.05, 4.69) is 9.46 Å². The van der Waals surface area contributed by atoms with Crippen LogP contribution in [0.5, 0.6) is 0 Å². The molecule has 0 aliphatic heterocycles. The second-order valence-electron chi connectivity index (χ2n) is 4.93. The van der Waals surface area contributed by atoms with E-state index >= 15 is 0 Å². The molecule has 0 aliphatic rings. The number of methoxy groups -OCH3 is 1. The number of ether oxygens (including phenoxy) is 1. The summed E-state index contributed by atoms with van der Waals surface area (Å²) in [7, 11) is -2.04. The lowest BCUT2D eigenvalue weighted by Gasteiger charge is -2.22. The van der Waals surface area contributed by atoms with E-state index in [1.807, 2.05) is 0 Å². The van der Waals surface area contributed by atoms with Crippen LogP contribution in [0.4, 0.5) is 5.69 Å². The molecule has 0 saturated carbocycles. The molecular formula is C15H22N2O5S. The third-order valence-electron chi connectivity index (χ3n) is 3.09. The molecule has 8 heteroatoms. The van der Waals surface area contributed by atoms with Crippen LogP contribution in [0.3, 0.4) is 0 Å². The maximum Gasteiger partial charge on any atom is 0.337 e. The Labute approximate surface area is 136 Å². The Bertz CT molecular complexity index is 658. The Morgan fingerprint density at radius 3 is 2.57 bits per heavy atom. The topological polar surface area (TPSA) is 92.8 Å². The highest BCUT2D eigenvalue weighted by Crippen LogP contribution is 2.17. The van der Waals surface area contributed by atoms with Crippen molar-refractivity contribution < 1.29 is 22.7 Å². The summed E-state index contributed by atoms with van der Waals surface area (Å²) in [4.78, 5) is 24.8. The monoisotopic (exact) mass is 342 g/mol. The maximum absolute atomic E-state index is 11.8. The van der Waals surface area contributed by atoms with Crippen molar-refractivity contribution in [3.8, 4) is 0 Å². The van der Waals surface area contributed by atoms with Gasteiger partial charge in [-0.25, -0.2) is 17.9 Å². The van der Waals surface area contributed by atoms with E-state index in [4.69, 9.17) is 0 Å². The Morgan fingerprint density at radius 1 is 1.30 bits per heavy atom. The van der Waals surface area contributed by atoms with Gasteiger partial charge in [0.25, 0.3) is 0 Å². The molecule has 0 fully saturated rings. The number of sulfonamides is 1. The number of benzene rings is 1. The summed E-state index contributed by atoms with van der Waals surface area (Å²) in [5.74, 6) is -0.703. The highest BCUT2D eigenvalue weighted by Gasteiger charge is 2.15. The van der Waals surface area contributed by atoms with Crippen LogP contribution in [0, 0.1) is 0 Å². The molecule has 0 aliphatic carbocycles. The number of esters is 1. The number of hydrogen-bond acceptors (Lipinski definition) is 5. The van der Waals surface area contributed by atoms with Gasteiger partial charge in [0.15, 0.2) is 0 Å². The highest BCUT2D eigenvalue weighted by atomic mass is 32.2. The quantitative estimate of drug-likeness (QED) is 0.716. The van der Waals surface area contributed by atoms with Crippen LogP contribution in [0.25, 0.3) is 0 Å². The summed E-state index contributed by atoms with van der Waals surface area (Å²) in [6.07, 6.45) is 0.521. The molecule has 1 aromatic rings. The van der Waals surface area contributed by atoms with Gasteiger partial charge in [0.2, 0.25) is 15.9 Å². The van der Waals surface area contributed by atoms with Crippen LogP contribution in [0.15, 0.2) is 24.3 Å². The molecule has 1 rings (SSSR count). The standard InChI is InChI=1S/C15H22N2O5S/c1-4-10-23(20,21)16-8-9-17(12(2)18)14-7-5-6-13(11-14)15(19)22-3/h5-7,11,16H,4,8-10H2,1-3H3. The van der Waals surface area contributed by atoms with Gasteiger partial charge >= 0.3 is 5.97 Å². The lowest BCUT2D eigenvalue weighted by molar-refractivity contribution is -0.116. The molecule has 0 bridgehead atoms. The molecule has 0 atom stereocenters. The van der Waals surface area contributed by atoms with Crippen LogP contribution in [0.1, 0.15) is 30.6 Å². The first-order chi connectivity index (χ1) is 10.8. The summed E-state index contributed by atoms with van der Waals surface area (Å²) in [5, 5.41) is 0. The Kier molecular flexibility index (Phi) is 7.18. The van der Waals surface area contributed by atoms with Gasteiger partial charge in [0, 0.05) is 25.7 Å². The summed E-state index contributed by atoms with van der Waals surface area (Å²) in [6, 6.07) is 6.43. The molecule has 23 heavy (non-hydrogen) atoms. The number of amides is 1. The molecule has 1 aromatic carbocycles. The predicted octanol–water partition coefficient (Wildman–Crippen LogP) is 1.16. The molecule has 0 saturated heterocycles. The van der Waals surface area contributed by atoms with Crippen molar-refractivity contribution in [3.05, 3.63) is 29.8 Å². The van der Waals surface area contributed by atoms with Crippen molar-refractivity contribution in [2.75, 3.05) is 30.9 Å². The summed E-state index contributed by atoms with van der Waals surface area (Å²) in [6.45, 7) is 3.43. The third kappa shape index (κ3) is 5.99. The van der Waals surface area contributed by atoms with Crippen LogP contribution < -0.4 is 9.62 Å². The molecule has 0 spiro atoms. The van der Waals surface area contributed by atoms with Gasteiger partial charge in [-0.2, -0.15) is 0 Å². The van der Waals surface area contributed by atoms with Gasteiger partial charge in [-0.05, 0) is 24.6 Å². The molecule has 0 radical (unpaired) electrons. The second kappa shape index (κ2) is 8.64. The smallest absolute Gasteiger partial charge is 0.337 e. The SMILES string of the molecule is CCCS(=O)(=O)NCCN(C(C)=O)c1cccc(C(=O)OC)c1. The fourth-order valence-electron chi connectivity index (χ4n) is 2.04. The fourth-order valence-corrected chi connectivity index (χ4v) is 3.12. The summed E-state index contributed by atoms with van der Waals surface area (Å²) < 4.78 is 30.4. The van der Waals surface area contributed by atoms with Gasteiger partial charge in [-0.15, -0.1) is 0 Å². The average Bonchev–Trinajstić information content (AvgIpc) is 2.50. The van der Waals surface area contributed by atoms with Crippen molar-refractivity contribution >= 4 is 27.6 Å². The molecule has 1 N–H and O–H groups in total. The number of anilines is 1. The van der Waals surface area contributed by atoms with Gasteiger partial charge in [0.1, 0.15) is 0 Å². The van der Waals surface area contributed by atoms with E-state index in [1.54, 1.807) is 25.1 Å². The number of hydrogen-bond donors (Lipinski definition) is 1. The van der Waals surface area contributed by atoms with E-state index in [-0.39, 0.29) is 24.7 Å². The summed E-state index contributed by atoms with van der Waals surface area (Å²) in [5.41, 5.74) is 0.831. The minimum absolute atomic E-state index is 0.0465. The molecular weight excluding hydrogens is 320 g/mol. The molecule has 7 nitrogen and oxygen atoms in total. The Morgan fingerprint density at radius 2 is 2.00 bits per heavy atom. The minimum Gasteiger partial charge on any atom is -0.465 e. The van der Waals surface area contributed by atoms with E-state index in [9.17, 15) is 18.0 Å². The van der Waals surface area contributed by atoms with E-state index in [0.717, 1.165) is 0 Å². The zero-order valence-corrected chi connectivity index (χ0v) is 14.4. The van der Waals surface area contributed by atoms with Crippen molar-refractivity contribution in [3.63, 3.8) is 0 Å². The van der Waals surface area contributed by atoms with Crippen molar-refractivity contribution in [1.29, 1.82) is 0 Å². The van der Waals surface area contributed by atoms with Crippen molar-refractivity contribution in [1.82, 2.24) is 4.72 Å². The number of nitrogens with one attached hydrogen (secondary N) is 1. The van der Waals surface area contributed by atoms with E-state index < -0.39 is 16.0 Å². The lowest BCUT2D eigenvalue weighted by Crippen LogP contribution is -2.38. The number of carbonyl (C=O) groups is 2. The summed E-state index contributed by atoms with van der Waals surface area (Å²) >= 11 is 0. The first-order valence-electron chi connectivity index (χ1n) is 7.24. The van der Waals surface area contributed by atoms with Crippen LogP contribution in [-0.2, 0) is 19.6 Å². The van der Waals surface area contributed by atoms with Crippen molar-refractivity contribution in [2.24, 2.45) is 0 Å². The third-order valence-corrected chi connectivity index (χ3v) is 4.68. The van der Waals surface area contributed by atoms with Gasteiger partial charge in [-0.1, -0.05) is 13.0 Å². The predicted molar refractivity (Wildman–Crippen MR) is 87.9 cm³/mol. The number of nitrogens with zero attached hydrogens (tertiary/aromatic N) is 1. The van der Waals surface area contributed by atoms with Crippen LogP contribution >= 0.6 is 0 Å². The number of carbonyl (C=O) groups excluding carboxylic acids is 2. The minimum atomic E-state index is -3.32. The van der Waals surface area contributed by atoms with Gasteiger partial charge in [0.05, 0.1) is 18.4 Å². The van der Waals surface area contributed by atoms with Crippen molar-refractivity contribution in [2.45, 2.75) is 20.3 Å². The molecule has 0 heterocycles. The van der Waals surface area contributed by atoms with Gasteiger partial charge in [-0.3, -0.25) is 4.79 Å². The molecule has 128 valence electrons. The molecule has 1 amide bonds. The Balaban J connectivity index is 2.83. The maximum atomic E-state index is 11.8. The van der Waals surface area contributed by atoms with Crippen LogP contribution in [-0.4, -0.2) is 46.2 Å². The zero-order valence-electron chi connectivity index (χ0n) is 13.5. The van der Waals surface area contributed by atoms with Gasteiger partial charge < -0.3 is 9.64 Å². The molecule has 0 aromatic heterocycles. The average molecular weight is 342 g/mol. The Hall–Kier alpha value is -1.93. The largest absolute Gasteiger partial charge is 0.465 e. The van der Waals surface area contributed by atoms with E-state index in [1.165, 1.54) is 25.0 Å². The normalized spacial score (nSPS) is 11.1. The fraction of sp³-hybridized carbons (Fsp3) is 0.467. The zero-order chi connectivity index (χ0) is 17.5. The first-order valence-corrected chi connectivity index (χ1v) is 8.89. The number of rotatable bonds is 8. The lowest BCUT2D eigenvalue weighted by atomic mass is 10.2. The second-order valence-corrected chi connectivity index (χ2v) is 6.85. The first kappa shape index (κ1) is 19.1. The van der Waals surface area contributed by atoms with Crippen LogP contribution in [0.2, 0.25) is 0 Å².